The number of aromatic nitrogens is 3. The first-order valence-electron chi connectivity index (χ1n) is 22.6. The van der Waals surface area contributed by atoms with Gasteiger partial charge in [-0.2, -0.15) is 5.26 Å². The average molecular weight is 898 g/mol. The van der Waals surface area contributed by atoms with Crippen LogP contribution in [0.4, 0.5) is 5.69 Å². The predicted molar refractivity (Wildman–Crippen MR) is 287 cm³/mol. The molecule has 5 heterocycles. The van der Waals surface area contributed by atoms with Gasteiger partial charge in [0.15, 0.2) is 0 Å². The van der Waals surface area contributed by atoms with Crippen molar-refractivity contribution in [1.29, 1.82) is 5.26 Å². The largest absolute Gasteiger partial charge is 0.306 e. The molecule has 0 unspecified atom stereocenters. The lowest BCUT2D eigenvalue weighted by Gasteiger charge is -2.25. The molecule has 15 rings (SSSR count). The van der Waals surface area contributed by atoms with E-state index in [0.717, 1.165) is 87.0 Å². The van der Waals surface area contributed by atoms with Crippen molar-refractivity contribution >= 4 is 134 Å². The molecule has 0 fully saturated rings. The molecule has 5 nitrogen and oxygen atoms in total. The minimum absolute atomic E-state index is 0.391. The topological polar surface area (TPSA) is 50.9 Å². The standard InChI is InChI=1S/C61H31N5S2/c1-63-56-50(34-15-4-2-5-16-34)44(33-62)57(51(35-17-6-3-7-18-35)59(56)66-45-24-14-23-39-36-19-8-9-20-37(36)40-31-32-64-61(66)55(40)52(39)45)65-46-29-30-49-54(42-22-11-13-26-48(42)67-49)53(46)43-28-27-41-38-21-10-12-25-47(38)68-60(41)58(43)65/h2-32H. The van der Waals surface area contributed by atoms with E-state index in [0.29, 0.717) is 22.5 Å². The molecule has 0 radical (unpaired) electrons. The zero-order valence-corrected chi connectivity index (χ0v) is 37.6. The number of hydrogen-bond acceptors (Lipinski definition) is 4. The van der Waals surface area contributed by atoms with Crippen molar-refractivity contribution in [2.75, 3.05) is 0 Å². The third kappa shape index (κ3) is 4.78. The summed E-state index contributed by atoms with van der Waals surface area (Å²) in [6, 6.07) is 66.9. The van der Waals surface area contributed by atoms with Crippen LogP contribution in [0.5, 0.6) is 0 Å². The molecule has 0 saturated carbocycles. The van der Waals surface area contributed by atoms with Crippen LogP contribution in [0.1, 0.15) is 5.56 Å². The lowest BCUT2D eigenvalue weighted by molar-refractivity contribution is 1.12. The van der Waals surface area contributed by atoms with Gasteiger partial charge in [0.25, 0.3) is 0 Å². The zero-order chi connectivity index (χ0) is 44.8. The molecule has 7 heteroatoms. The van der Waals surface area contributed by atoms with Crippen molar-refractivity contribution in [1.82, 2.24) is 14.1 Å². The highest BCUT2D eigenvalue weighted by atomic mass is 32.1. The first-order chi connectivity index (χ1) is 33.7. The van der Waals surface area contributed by atoms with Crippen molar-refractivity contribution in [3.8, 4) is 39.7 Å². The van der Waals surface area contributed by atoms with Gasteiger partial charge in [0.2, 0.25) is 5.69 Å². The monoisotopic (exact) mass is 897 g/mol. The fourth-order valence-corrected chi connectivity index (χ4v) is 13.9. The van der Waals surface area contributed by atoms with E-state index in [1.165, 1.54) is 41.0 Å². The molecule has 0 N–H and O–H groups in total. The third-order valence-corrected chi connectivity index (χ3v) is 16.5. The molecule has 0 aliphatic carbocycles. The number of fused-ring (bicyclic) bond motifs is 14. The summed E-state index contributed by atoms with van der Waals surface area (Å²) in [7, 11) is 0. The van der Waals surface area contributed by atoms with Crippen molar-refractivity contribution in [2.45, 2.75) is 0 Å². The molecule has 5 aromatic heterocycles. The molecule has 0 aliphatic rings. The fraction of sp³-hybridized carbons (Fsp3) is 0. The maximum Gasteiger partial charge on any atom is 0.220 e. The van der Waals surface area contributed by atoms with Gasteiger partial charge < -0.3 is 9.13 Å². The molecule has 0 amide bonds. The van der Waals surface area contributed by atoms with Crippen LogP contribution in [0.2, 0.25) is 0 Å². The maximum atomic E-state index is 12.1. The van der Waals surface area contributed by atoms with Crippen molar-refractivity contribution in [3.05, 3.63) is 205 Å². The summed E-state index contributed by atoms with van der Waals surface area (Å²) in [5.74, 6) is 0. The van der Waals surface area contributed by atoms with Gasteiger partial charge in [0.05, 0.1) is 44.8 Å². The van der Waals surface area contributed by atoms with Gasteiger partial charge in [0, 0.05) is 74.5 Å². The summed E-state index contributed by atoms with van der Waals surface area (Å²) in [6.07, 6.45) is 1.90. The molecule has 0 spiro atoms. The Kier molecular flexibility index (Phi) is 7.61. The zero-order valence-electron chi connectivity index (χ0n) is 36.0. The quantitative estimate of drug-likeness (QED) is 0.131. The van der Waals surface area contributed by atoms with Gasteiger partial charge in [-0.25, -0.2) is 9.83 Å². The van der Waals surface area contributed by atoms with Gasteiger partial charge in [0.1, 0.15) is 11.7 Å². The van der Waals surface area contributed by atoms with Crippen LogP contribution in [-0.2, 0) is 0 Å². The second kappa shape index (κ2) is 13.8. The number of rotatable bonds is 4. The SMILES string of the molecule is [C-]#[N+]c1c(-c2ccccc2)c(C#N)c(-n2c3ccc4sc5ccccc5c4c3c3ccc4c5ccccc5sc4c32)c(-c2ccccc2)c1-n1c2cccc3c4ccccc4c4ccnc1c4c32. The average Bonchev–Trinajstić information content (AvgIpc) is 4.16. The van der Waals surface area contributed by atoms with E-state index in [9.17, 15) is 11.8 Å². The first kappa shape index (κ1) is 37.4. The van der Waals surface area contributed by atoms with E-state index in [4.69, 9.17) is 4.98 Å². The number of pyridine rings is 1. The van der Waals surface area contributed by atoms with Crippen molar-refractivity contribution in [3.63, 3.8) is 0 Å². The minimum atomic E-state index is 0.391. The van der Waals surface area contributed by atoms with Crippen LogP contribution in [-0.4, -0.2) is 14.1 Å². The van der Waals surface area contributed by atoms with E-state index >= 15 is 0 Å². The Balaban J connectivity index is 1.25. The van der Waals surface area contributed by atoms with Crippen LogP contribution in [0.15, 0.2) is 188 Å². The van der Waals surface area contributed by atoms with Crippen LogP contribution < -0.4 is 0 Å². The molecular weight excluding hydrogens is 867 g/mol. The van der Waals surface area contributed by atoms with E-state index in [1.54, 1.807) is 11.3 Å². The second-order valence-corrected chi connectivity index (χ2v) is 19.6. The van der Waals surface area contributed by atoms with Crippen molar-refractivity contribution < 1.29 is 0 Å². The van der Waals surface area contributed by atoms with Gasteiger partial charge in [-0.15, -0.1) is 22.7 Å². The lowest BCUT2D eigenvalue weighted by atomic mass is 9.88. The summed E-state index contributed by atoms with van der Waals surface area (Å²) in [5.41, 5.74) is 9.04. The molecule has 312 valence electrons. The summed E-state index contributed by atoms with van der Waals surface area (Å²) < 4.78 is 9.42. The van der Waals surface area contributed by atoms with E-state index < -0.39 is 0 Å². The Morgan fingerprint density at radius 1 is 0.456 bits per heavy atom. The number of benzene rings is 10. The number of thiophene rings is 2. The van der Waals surface area contributed by atoms with Crippen LogP contribution in [0.25, 0.3) is 144 Å². The second-order valence-electron chi connectivity index (χ2n) is 17.5. The Labute approximate surface area is 396 Å². The van der Waals surface area contributed by atoms with Crippen LogP contribution >= 0.6 is 22.7 Å². The first-order valence-corrected chi connectivity index (χ1v) is 24.2. The van der Waals surface area contributed by atoms with Crippen LogP contribution in [0, 0.1) is 17.9 Å². The normalized spacial score (nSPS) is 12.1. The molecule has 0 saturated heterocycles. The molecule has 0 atom stereocenters. The Hall–Kier alpha value is -8.85. The highest BCUT2D eigenvalue weighted by Crippen LogP contribution is 2.55. The van der Waals surface area contributed by atoms with Gasteiger partial charge in [-0.3, -0.25) is 0 Å². The molecule has 10 aromatic carbocycles. The minimum Gasteiger partial charge on any atom is -0.306 e. The summed E-state index contributed by atoms with van der Waals surface area (Å²) >= 11 is 3.61. The molecular formula is C61H31N5S2. The number of nitriles is 1. The van der Waals surface area contributed by atoms with Gasteiger partial charge in [-0.1, -0.05) is 146 Å². The Morgan fingerprint density at radius 2 is 1.06 bits per heavy atom. The highest BCUT2D eigenvalue weighted by Gasteiger charge is 2.33. The fourth-order valence-electron chi connectivity index (χ4n) is 11.5. The molecule has 15 aromatic rings. The predicted octanol–water partition coefficient (Wildman–Crippen LogP) is 17.5. The maximum absolute atomic E-state index is 12.1. The Morgan fingerprint density at radius 3 is 1.79 bits per heavy atom. The van der Waals surface area contributed by atoms with Gasteiger partial charge in [-0.05, 0) is 69.1 Å². The summed E-state index contributed by atoms with van der Waals surface area (Å²) in [5, 5.41) is 25.8. The summed E-state index contributed by atoms with van der Waals surface area (Å²) in [6.45, 7) is 9.33. The highest BCUT2D eigenvalue weighted by molar-refractivity contribution is 7.27. The van der Waals surface area contributed by atoms with E-state index in [2.05, 4.69) is 166 Å². The third-order valence-electron chi connectivity index (χ3n) is 14.2. The van der Waals surface area contributed by atoms with E-state index in [1.807, 2.05) is 53.9 Å². The van der Waals surface area contributed by atoms with Gasteiger partial charge >= 0.3 is 0 Å². The van der Waals surface area contributed by atoms with E-state index in [-0.39, 0.29) is 0 Å². The van der Waals surface area contributed by atoms with Crippen molar-refractivity contribution in [2.24, 2.45) is 0 Å². The molecule has 68 heavy (non-hydrogen) atoms. The Bertz CT molecular complexity index is 4660. The lowest BCUT2D eigenvalue weighted by Crippen LogP contribution is -2.09. The van der Waals surface area contributed by atoms with Crippen LogP contribution in [0.3, 0.4) is 0 Å². The number of nitrogens with zero attached hydrogens (tertiary/aromatic N) is 5. The summed E-state index contributed by atoms with van der Waals surface area (Å²) in [4.78, 5) is 9.81. The number of hydrogen-bond donors (Lipinski definition) is 0. The molecule has 0 aliphatic heterocycles. The smallest absolute Gasteiger partial charge is 0.220 e. The molecule has 0 bridgehead atoms.